The molecule has 1 heterocycles. The van der Waals surface area contributed by atoms with Gasteiger partial charge in [0.25, 0.3) is 0 Å². The Kier molecular flexibility index (Phi) is 12.0. The van der Waals surface area contributed by atoms with Crippen molar-refractivity contribution in [3.8, 4) is 0 Å². The Hall–Kier alpha value is -0.560. The predicted molar refractivity (Wildman–Crippen MR) is 79.2 cm³/mol. The third kappa shape index (κ3) is 5.98. The lowest BCUT2D eigenvalue weighted by molar-refractivity contribution is -0.451. The summed E-state index contributed by atoms with van der Waals surface area (Å²) in [6.45, 7) is -2.66. The fourth-order valence-electron chi connectivity index (χ4n) is 2.11. The van der Waals surface area contributed by atoms with Crippen LogP contribution >= 0.6 is 0 Å². The Bertz CT molecular complexity index is 383. The van der Waals surface area contributed by atoms with Crippen molar-refractivity contribution in [2.45, 2.75) is 54.8 Å². The summed E-state index contributed by atoms with van der Waals surface area (Å²) >= 11 is 0. The molecule has 0 spiro atoms. The van der Waals surface area contributed by atoms with Crippen LogP contribution in [0.4, 0.5) is 0 Å². The summed E-state index contributed by atoms with van der Waals surface area (Å²) < 4.78 is 9.47. The van der Waals surface area contributed by atoms with E-state index in [0.29, 0.717) is 0 Å². The second-order valence-electron chi connectivity index (χ2n) is 5.51. The van der Waals surface area contributed by atoms with Crippen molar-refractivity contribution >= 4 is 0 Å². The number of aliphatic hydroxyl groups excluding tert-OH is 9. The minimum absolute atomic E-state index is 0. The molecule has 14 nitrogen and oxygen atoms in total. The summed E-state index contributed by atoms with van der Waals surface area (Å²) in [7, 11) is 0. The molecule has 160 valence electrons. The summed E-state index contributed by atoms with van der Waals surface area (Å²) in [5, 5.41) is 94.4. The summed E-state index contributed by atoms with van der Waals surface area (Å²) in [5.41, 5.74) is 0. The quantitative estimate of drug-likeness (QED) is 0.171. The van der Waals surface area contributed by atoms with E-state index in [1.165, 1.54) is 0 Å². The summed E-state index contributed by atoms with van der Waals surface area (Å²) in [4.78, 5) is 0. The standard InChI is InChI=1S/C12H24O12.2H2O/c13-1-4(15)7(17)8(18)5(16)3-23-12(22)11(21)10(20)9(19)6(2-14)24-12;;/h4-11,13-22H,1-3H2;2*1H2/t4-,5-,6-,7-,8-,9-,10+,11-,12?;;/m1../s1. The van der Waals surface area contributed by atoms with Gasteiger partial charge < -0.3 is 71.5 Å². The van der Waals surface area contributed by atoms with Crippen molar-refractivity contribution in [3.05, 3.63) is 0 Å². The van der Waals surface area contributed by atoms with Crippen molar-refractivity contribution in [2.75, 3.05) is 19.8 Å². The van der Waals surface area contributed by atoms with Gasteiger partial charge in [-0.2, -0.15) is 0 Å². The van der Waals surface area contributed by atoms with Crippen LogP contribution in [-0.2, 0) is 9.47 Å². The highest BCUT2D eigenvalue weighted by atomic mass is 16.8. The summed E-state index contributed by atoms with van der Waals surface area (Å²) in [6, 6.07) is 0. The fraction of sp³-hybridized carbons (Fsp3) is 1.00. The molecule has 1 rings (SSSR count). The molecule has 1 fully saturated rings. The van der Waals surface area contributed by atoms with E-state index < -0.39 is 74.6 Å². The maximum Gasteiger partial charge on any atom is 0.311 e. The molecule has 9 atom stereocenters. The van der Waals surface area contributed by atoms with Gasteiger partial charge in [0.15, 0.2) is 6.10 Å². The Labute approximate surface area is 147 Å². The van der Waals surface area contributed by atoms with Gasteiger partial charge >= 0.3 is 5.97 Å². The van der Waals surface area contributed by atoms with E-state index in [9.17, 15) is 40.9 Å². The third-order valence-electron chi connectivity index (χ3n) is 3.71. The van der Waals surface area contributed by atoms with Crippen molar-refractivity contribution in [1.82, 2.24) is 0 Å². The van der Waals surface area contributed by atoms with Gasteiger partial charge in [-0.3, -0.25) is 0 Å². The summed E-state index contributed by atoms with van der Waals surface area (Å²) in [6.07, 6.45) is -14.9. The van der Waals surface area contributed by atoms with E-state index in [2.05, 4.69) is 0 Å². The average molecular weight is 396 g/mol. The molecule has 1 aliphatic rings. The van der Waals surface area contributed by atoms with Gasteiger partial charge in [-0.05, 0) is 0 Å². The van der Waals surface area contributed by atoms with Gasteiger partial charge in [-0.15, -0.1) is 0 Å². The maximum absolute atomic E-state index is 10.0. The molecule has 0 amide bonds. The van der Waals surface area contributed by atoms with Crippen LogP contribution in [-0.4, -0.2) is 137 Å². The molecule has 0 aromatic rings. The lowest BCUT2D eigenvalue weighted by Gasteiger charge is -2.44. The molecular weight excluding hydrogens is 368 g/mol. The van der Waals surface area contributed by atoms with E-state index in [1.54, 1.807) is 0 Å². The molecule has 26 heavy (non-hydrogen) atoms. The minimum Gasteiger partial charge on any atom is -0.412 e. The first-order valence-electron chi connectivity index (χ1n) is 7.11. The van der Waals surface area contributed by atoms with Crippen molar-refractivity contribution in [3.63, 3.8) is 0 Å². The molecule has 0 aromatic carbocycles. The normalized spacial score (nSPS) is 36.2. The largest absolute Gasteiger partial charge is 0.412 e. The van der Waals surface area contributed by atoms with Crippen LogP contribution in [0.3, 0.4) is 0 Å². The van der Waals surface area contributed by atoms with E-state index in [-0.39, 0.29) is 11.0 Å². The molecule has 1 aliphatic heterocycles. The minimum atomic E-state index is -2.92. The molecule has 1 saturated heterocycles. The van der Waals surface area contributed by atoms with E-state index in [0.717, 1.165) is 0 Å². The monoisotopic (exact) mass is 396 g/mol. The first kappa shape index (κ1) is 27.7. The zero-order valence-electron chi connectivity index (χ0n) is 13.5. The second-order valence-corrected chi connectivity index (χ2v) is 5.51. The van der Waals surface area contributed by atoms with Crippen molar-refractivity contribution in [2.24, 2.45) is 0 Å². The van der Waals surface area contributed by atoms with Crippen molar-refractivity contribution < 1.29 is 71.5 Å². The Balaban J connectivity index is 0. The molecule has 0 aromatic heterocycles. The van der Waals surface area contributed by atoms with Crippen LogP contribution in [0, 0.1) is 0 Å². The van der Waals surface area contributed by atoms with Gasteiger partial charge in [-0.25, -0.2) is 0 Å². The Morgan fingerprint density at radius 2 is 1.38 bits per heavy atom. The van der Waals surface area contributed by atoms with E-state index in [1.807, 2.05) is 0 Å². The van der Waals surface area contributed by atoms with Crippen LogP contribution in [0.1, 0.15) is 0 Å². The number of rotatable bonds is 8. The van der Waals surface area contributed by atoms with Gasteiger partial charge in [0.1, 0.15) is 42.7 Å². The Morgan fingerprint density at radius 3 is 1.85 bits per heavy atom. The molecule has 14 heteroatoms. The zero-order chi connectivity index (χ0) is 18.7. The van der Waals surface area contributed by atoms with Crippen LogP contribution in [0.5, 0.6) is 0 Å². The number of hydrogen-bond donors (Lipinski definition) is 10. The average Bonchev–Trinajstić information content (AvgIpc) is 2.59. The highest BCUT2D eigenvalue weighted by molar-refractivity contribution is 4.92. The van der Waals surface area contributed by atoms with E-state index in [4.69, 9.17) is 19.7 Å². The van der Waals surface area contributed by atoms with E-state index >= 15 is 0 Å². The molecule has 1 unspecified atom stereocenters. The second kappa shape index (κ2) is 11.3. The lowest BCUT2D eigenvalue weighted by atomic mass is 9.97. The molecule has 0 saturated carbocycles. The number of ether oxygens (including phenoxy) is 2. The van der Waals surface area contributed by atoms with Gasteiger partial charge in [0.05, 0.1) is 19.8 Å². The molecule has 14 N–H and O–H groups in total. The van der Waals surface area contributed by atoms with Gasteiger partial charge in [-0.1, -0.05) is 0 Å². The lowest BCUT2D eigenvalue weighted by Crippen LogP contribution is -2.66. The highest BCUT2D eigenvalue weighted by Gasteiger charge is 2.54. The molecular formula is C12H28O14. The van der Waals surface area contributed by atoms with Gasteiger partial charge in [0, 0.05) is 0 Å². The SMILES string of the molecule is O.O.OC[C@@H](O)[C@@H](O)[C@H](O)[C@H](O)COC1(O)O[C@H](CO)[C@@H](O)[C@H](O)[C@H]1O. The predicted octanol–water partition coefficient (Wildman–Crippen LogP) is -8.09. The molecule has 0 bridgehead atoms. The first-order valence-corrected chi connectivity index (χ1v) is 7.11. The zero-order valence-corrected chi connectivity index (χ0v) is 13.5. The maximum atomic E-state index is 10.0. The third-order valence-corrected chi connectivity index (χ3v) is 3.71. The Morgan fingerprint density at radius 1 is 0.885 bits per heavy atom. The number of hydrogen-bond acceptors (Lipinski definition) is 12. The molecule has 0 aliphatic carbocycles. The van der Waals surface area contributed by atoms with Crippen LogP contribution in [0.2, 0.25) is 0 Å². The highest BCUT2D eigenvalue weighted by Crippen LogP contribution is 2.29. The van der Waals surface area contributed by atoms with Crippen LogP contribution in [0.25, 0.3) is 0 Å². The number of aliphatic hydroxyl groups is 10. The molecule has 0 radical (unpaired) electrons. The van der Waals surface area contributed by atoms with Gasteiger partial charge in [0.2, 0.25) is 0 Å². The summed E-state index contributed by atoms with van der Waals surface area (Å²) in [5.74, 6) is -2.92. The van der Waals surface area contributed by atoms with Crippen molar-refractivity contribution in [1.29, 1.82) is 0 Å². The topological polar surface area (TPSA) is 284 Å². The fourth-order valence-corrected chi connectivity index (χ4v) is 2.11. The first-order chi connectivity index (χ1) is 11.1. The van der Waals surface area contributed by atoms with Crippen LogP contribution < -0.4 is 0 Å². The van der Waals surface area contributed by atoms with Crippen LogP contribution in [0.15, 0.2) is 0 Å². The smallest absolute Gasteiger partial charge is 0.311 e.